The van der Waals surface area contributed by atoms with E-state index in [2.05, 4.69) is 22.9 Å². The third kappa shape index (κ3) is 4.49. The quantitative estimate of drug-likeness (QED) is 0.597. The van der Waals surface area contributed by atoms with Crippen LogP contribution in [0.4, 0.5) is 0 Å². The summed E-state index contributed by atoms with van der Waals surface area (Å²) in [7, 11) is 3.07. The van der Waals surface area contributed by atoms with E-state index in [1.54, 1.807) is 23.7 Å². The Morgan fingerprint density at radius 1 is 1.29 bits per heavy atom. The largest absolute Gasteiger partial charge is 0.469 e. The average Bonchev–Trinajstić information content (AvgIpc) is 2.97. The van der Waals surface area contributed by atoms with E-state index in [-0.39, 0.29) is 18.3 Å². The molecule has 0 heterocycles. The molecule has 1 aromatic carbocycles. The van der Waals surface area contributed by atoms with Crippen LogP contribution in [-0.2, 0) is 27.2 Å². The fourth-order valence-electron chi connectivity index (χ4n) is 2.38. The van der Waals surface area contributed by atoms with Crippen molar-refractivity contribution >= 4 is 23.6 Å². The maximum absolute atomic E-state index is 12.0. The van der Waals surface area contributed by atoms with E-state index in [4.69, 9.17) is 0 Å². The first-order valence-electron chi connectivity index (χ1n) is 7.15. The molecule has 0 aliphatic heterocycles. The van der Waals surface area contributed by atoms with Gasteiger partial charge in [0, 0.05) is 18.5 Å². The lowest BCUT2D eigenvalue weighted by Crippen LogP contribution is -2.30. The number of amides is 1. The molecule has 1 aliphatic rings. The molecule has 4 nitrogen and oxygen atoms in total. The van der Waals surface area contributed by atoms with Crippen LogP contribution in [0, 0.1) is 0 Å². The zero-order valence-electron chi connectivity index (χ0n) is 12.6. The van der Waals surface area contributed by atoms with Crippen molar-refractivity contribution in [3.8, 4) is 0 Å². The Hall–Kier alpha value is -1.49. The Labute approximate surface area is 129 Å². The monoisotopic (exact) mass is 307 g/mol. The van der Waals surface area contributed by atoms with Gasteiger partial charge in [-0.3, -0.25) is 9.59 Å². The number of rotatable bonds is 6. The van der Waals surface area contributed by atoms with Crippen molar-refractivity contribution in [2.75, 3.05) is 26.5 Å². The van der Waals surface area contributed by atoms with Crippen LogP contribution in [0.25, 0.3) is 0 Å². The molecule has 1 aromatic rings. The van der Waals surface area contributed by atoms with Gasteiger partial charge in [0.15, 0.2) is 0 Å². The SMILES string of the molecule is COC(=O)CCN(C)C(=O)CSc1ccc2c(c1)CCC2. The number of aryl methyl sites for hydroxylation is 2. The standard InChI is InChI=1S/C16H21NO3S/c1-17(9-8-16(19)20-2)15(18)11-21-14-7-6-12-4-3-5-13(12)10-14/h6-7,10H,3-5,8-9,11H2,1-2H3. The summed E-state index contributed by atoms with van der Waals surface area (Å²) in [5.41, 5.74) is 2.87. The molecule has 0 fully saturated rings. The number of carbonyl (C=O) groups is 2. The van der Waals surface area contributed by atoms with E-state index in [9.17, 15) is 9.59 Å². The zero-order valence-corrected chi connectivity index (χ0v) is 13.4. The molecule has 21 heavy (non-hydrogen) atoms. The minimum Gasteiger partial charge on any atom is -0.469 e. The molecule has 0 bridgehead atoms. The molecule has 114 valence electrons. The predicted octanol–water partition coefficient (Wildman–Crippen LogP) is 2.29. The summed E-state index contributed by atoms with van der Waals surface area (Å²) < 4.78 is 4.57. The van der Waals surface area contributed by atoms with Crippen molar-refractivity contribution in [1.82, 2.24) is 4.90 Å². The first kappa shape index (κ1) is 15.9. The van der Waals surface area contributed by atoms with E-state index in [1.165, 1.54) is 31.1 Å². The van der Waals surface area contributed by atoms with Gasteiger partial charge < -0.3 is 9.64 Å². The first-order valence-corrected chi connectivity index (χ1v) is 8.14. The minimum absolute atomic E-state index is 0.0319. The van der Waals surface area contributed by atoms with Crippen LogP contribution in [0.15, 0.2) is 23.1 Å². The van der Waals surface area contributed by atoms with Crippen molar-refractivity contribution < 1.29 is 14.3 Å². The van der Waals surface area contributed by atoms with Crippen LogP contribution in [0.2, 0.25) is 0 Å². The normalized spacial score (nSPS) is 12.9. The Morgan fingerprint density at radius 2 is 2.05 bits per heavy atom. The molecule has 0 saturated carbocycles. The summed E-state index contributed by atoms with van der Waals surface area (Å²) in [6, 6.07) is 6.47. The summed E-state index contributed by atoms with van der Waals surface area (Å²) in [5, 5.41) is 0. The van der Waals surface area contributed by atoms with Crippen molar-refractivity contribution in [3.05, 3.63) is 29.3 Å². The highest BCUT2D eigenvalue weighted by Crippen LogP contribution is 2.27. The molecule has 1 amide bonds. The summed E-state index contributed by atoms with van der Waals surface area (Å²) >= 11 is 1.56. The first-order chi connectivity index (χ1) is 10.1. The van der Waals surface area contributed by atoms with Gasteiger partial charge in [-0.15, -0.1) is 11.8 Å². The molecule has 2 rings (SSSR count). The summed E-state index contributed by atoms with van der Waals surface area (Å²) in [4.78, 5) is 25.8. The fourth-order valence-corrected chi connectivity index (χ4v) is 3.28. The second kappa shape index (κ2) is 7.50. The zero-order chi connectivity index (χ0) is 15.2. The highest BCUT2D eigenvalue weighted by atomic mass is 32.2. The van der Waals surface area contributed by atoms with Crippen molar-refractivity contribution in [2.45, 2.75) is 30.6 Å². The average molecular weight is 307 g/mol. The number of benzene rings is 1. The maximum atomic E-state index is 12.0. The lowest BCUT2D eigenvalue weighted by molar-refractivity contribution is -0.141. The van der Waals surface area contributed by atoms with Crippen LogP contribution in [0.5, 0.6) is 0 Å². The van der Waals surface area contributed by atoms with Crippen LogP contribution in [0.3, 0.4) is 0 Å². The molecule has 0 aromatic heterocycles. The topological polar surface area (TPSA) is 46.6 Å². The van der Waals surface area contributed by atoms with Gasteiger partial charge in [0.25, 0.3) is 0 Å². The second-order valence-corrected chi connectivity index (χ2v) is 6.26. The van der Waals surface area contributed by atoms with Crippen LogP contribution >= 0.6 is 11.8 Å². The third-order valence-corrected chi connectivity index (χ3v) is 4.72. The molecular weight excluding hydrogens is 286 g/mol. The second-order valence-electron chi connectivity index (χ2n) is 5.21. The van der Waals surface area contributed by atoms with Crippen LogP contribution in [-0.4, -0.2) is 43.2 Å². The minimum atomic E-state index is -0.291. The Bertz CT molecular complexity index is 530. The lowest BCUT2D eigenvalue weighted by atomic mass is 10.1. The van der Waals surface area contributed by atoms with Gasteiger partial charge in [-0.1, -0.05) is 6.07 Å². The van der Waals surface area contributed by atoms with E-state index >= 15 is 0 Å². The summed E-state index contributed by atoms with van der Waals surface area (Å²) in [6.45, 7) is 0.399. The van der Waals surface area contributed by atoms with Crippen LogP contribution < -0.4 is 0 Å². The van der Waals surface area contributed by atoms with Gasteiger partial charge in [-0.2, -0.15) is 0 Å². The van der Waals surface area contributed by atoms with E-state index < -0.39 is 0 Å². The summed E-state index contributed by atoms with van der Waals surface area (Å²) in [5.74, 6) is 0.140. The molecular formula is C16H21NO3S. The van der Waals surface area contributed by atoms with Gasteiger partial charge in [-0.05, 0) is 42.5 Å². The van der Waals surface area contributed by atoms with Gasteiger partial charge in [0.1, 0.15) is 0 Å². The maximum Gasteiger partial charge on any atom is 0.307 e. The van der Waals surface area contributed by atoms with Gasteiger partial charge in [0.05, 0.1) is 19.3 Å². The Morgan fingerprint density at radius 3 is 2.81 bits per heavy atom. The summed E-state index contributed by atoms with van der Waals surface area (Å²) in [6.07, 6.45) is 3.80. The molecule has 5 heteroatoms. The molecule has 0 spiro atoms. The van der Waals surface area contributed by atoms with E-state index in [1.807, 2.05) is 0 Å². The molecule has 1 aliphatic carbocycles. The number of esters is 1. The van der Waals surface area contributed by atoms with E-state index in [0.717, 1.165) is 11.3 Å². The Balaban J connectivity index is 1.79. The van der Waals surface area contributed by atoms with Gasteiger partial charge in [-0.25, -0.2) is 0 Å². The molecule has 0 saturated heterocycles. The number of hydrogen-bond acceptors (Lipinski definition) is 4. The number of methoxy groups -OCH3 is 1. The molecule has 0 N–H and O–H groups in total. The Kier molecular flexibility index (Phi) is 5.67. The smallest absolute Gasteiger partial charge is 0.307 e. The number of ether oxygens (including phenoxy) is 1. The van der Waals surface area contributed by atoms with E-state index in [0.29, 0.717) is 12.3 Å². The van der Waals surface area contributed by atoms with Crippen molar-refractivity contribution in [2.24, 2.45) is 0 Å². The molecule has 0 radical (unpaired) electrons. The third-order valence-electron chi connectivity index (χ3n) is 3.74. The highest BCUT2D eigenvalue weighted by Gasteiger charge is 2.14. The van der Waals surface area contributed by atoms with Crippen LogP contribution in [0.1, 0.15) is 24.0 Å². The lowest BCUT2D eigenvalue weighted by Gasteiger charge is -2.16. The van der Waals surface area contributed by atoms with Crippen molar-refractivity contribution in [3.63, 3.8) is 0 Å². The predicted molar refractivity (Wildman–Crippen MR) is 83.5 cm³/mol. The highest BCUT2D eigenvalue weighted by molar-refractivity contribution is 8.00. The molecule has 0 atom stereocenters. The number of nitrogens with zero attached hydrogens (tertiary/aromatic N) is 1. The number of hydrogen-bond donors (Lipinski definition) is 0. The number of carbonyl (C=O) groups excluding carboxylic acids is 2. The fraction of sp³-hybridized carbons (Fsp3) is 0.500. The van der Waals surface area contributed by atoms with Gasteiger partial charge >= 0.3 is 5.97 Å². The van der Waals surface area contributed by atoms with Crippen molar-refractivity contribution in [1.29, 1.82) is 0 Å². The molecule has 0 unspecified atom stereocenters. The number of fused-ring (bicyclic) bond motifs is 1. The number of thioether (sulfide) groups is 1. The van der Waals surface area contributed by atoms with Gasteiger partial charge in [0.2, 0.25) is 5.91 Å².